The lowest BCUT2D eigenvalue weighted by molar-refractivity contribution is -0.141. The second kappa shape index (κ2) is 7.00. The minimum atomic E-state index is -4.46. The zero-order valence-corrected chi connectivity index (χ0v) is 16.8. The maximum atomic E-state index is 12.8. The number of halogens is 3. The van der Waals surface area contributed by atoms with Crippen molar-refractivity contribution in [3.63, 3.8) is 0 Å². The van der Waals surface area contributed by atoms with Crippen molar-refractivity contribution in [2.24, 2.45) is 0 Å². The summed E-state index contributed by atoms with van der Waals surface area (Å²) in [7, 11) is 0. The average molecular weight is 417 g/mol. The van der Waals surface area contributed by atoms with Crippen LogP contribution in [0.1, 0.15) is 70.1 Å². The van der Waals surface area contributed by atoms with Crippen LogP contribution in [0.15, 0.2) is 30.6 Å². The summed E-state index contributed by atoms with van der Waals surface area (Å²) in [6.07, 6.45) is 0.196. The van der Waals surface area contributed by atoms with Gasteiger partial charge in [0.05, 0.1) is 11.7 Å². The summed E-state index contributed by atoms with van der Waals surface area (Å²) in [5, 5.41) is 9.94. The second-order valence-electron chi connectivity index (χ2n) is 7.89. The molecule has 0 bridgehead atoms. The molecule has 30 heavy (non-hydrogen) atoms. The van der Waals surface area contributed by atoms with Gasteiger partial charge < -0.3 is 10.3 Å². The number of amides is 1. The Morgan fingerprint density at radius 3 is 2.53 bits per heavy atom. The first-order chi connectivity index (χ1) is 14.1. The van der Waals surface area contributed by atoms with Crippen molar-refractivity contribution < 1.29 is 18.0 Å². The molecule has 0 saturated heterocycles. The highest BCUT2D eigenvalue weighted by Gasteiger charge is 2.48. The Kier molecular flexibility index (Phi) is 4.71. The summed E-state index contributed by atoms with van der Waals surface area (Å²) >= 11 is 0. The molecule has 1 fully saturated rings. The van der Waals surface area contributed by atoms with E-state index in [2.05, 4.69) is 25.5 Å². The number of aryl methyl sites for hydroxylation is 1. The van der Waals surface area contributed by atoms with E-state index in [-0.39, 0.29) is 11.9 Å². The molecular formula is C21H22F3N5O. The summed E-state index contributed by atoms with van der Waals surface area (Å²) in [4.78, 5) is 19.4. The zero-order valence-electron chi connectivity index (χ0n) is 16.8. The van der Waals surface area contributed by atoms with E-state index in [0.717, 1.165) is 47.0 Å². The molecule has 3 N–H and O–H groups in total. The Hall–Kier alpha value is -3.10. The third-order valence-electron chi connectivity index (χ3n) is 5.76. The number of nitrogens with one attached hydrogen (secondary N) is 3. The number of H-pyrrole nitrogens is 2. The summed E-state index contributed by atoms with van der Waals surface area (Å²) in [6.45, 7) is 5.59. The predicted octanol–water partition coefficient (Wildman–Crippen LogP) is 4.34. The number of aromatic amines is 2. The molecule has 4 rings (SSSR count). The number of alkyl halides is 3. The first kappa shape index (κ1) is 20.2. The third kappa shape index (κ3) is 3.48. The molecule has 0 unspecified atom stereocenters. The number of aromatic nitrogens is 4. The van der Waals surface area contributed by atoms with Gasteiger partial charge in [-0.05, 0) is 62.4 Å². The van der Waals surface area contributed by atoms with Crippen LogP contribution in [-0.2, 0) is 11.6 Å². The molecule has 9 heteroatoms. The molecule has 0 radical (unpaired) electrons. The van der Waals surface area contributed by atoms with E-state index < -0.39 is 17.3 Å². The standard InChI is InChI=1S/C21H22F3N5O/c1-11-8-16(29-28-11)13(3)27-19(30)18-12(2)15(10-26-18)20(6-7-20)14-4-5-17(25-9-14)21(22,23)24/h4-5,8-10,13,26H,6-7H2,1-3H3,(H,27,30)(H,28,29)/t13-/m1/s1. The Bertz CT molecular complexity index is 1080. The van der Waals surface area contributed by atoms with Gasteiger partial charge in [-0.25, -0.2) is 0 Å². The van der Waals surface area contributed by atoms with Gasteiger partial charge in [-0.3, -0.25) is 14.9 Å². The lowest BCUT2D eigenvalue weighted by Gasteiger charge is -2.17. The minimum Gasteiger partial charge on any atom is -0.357 e. The molecule has 1 atom stereocenters. The third-order valence-corrected chi connectivity index (χ3v) is 5.76. The molecule has 1 saturated carbocycles. The monoisotopic (exact) mass is 417 g/mol. The molecule has 0 aromatic carbocycles. The lowest BCUT2D eigenvalue weighted by atomic mass is 9.88. The van der Waals surface area contributed by atoms with Crippen LogP contribution in [0.4, 0.5) is 13.2 Å². The number of rotatable bonds is 5. The summed E-state index contributed by atoms with van der Waals surface area (Å²) in [5.41, 5.74) is 3.20. The summed E-state index contributed by atoms with van der Waals surface area (Å²) in [6, 6.07) is 4.09. The fraction of sp³-hybridized carbons (Fsp3) is 0.381. The van der Waals surface area contributed by atoms with Gasteiger partial charge in [-0.15, -0.1) is 0 Å². The van der Waals surface area contributed by atoms with Crippen molar-refractivity contribution in [1.82, 2.24) is 25.5 Å². The van der Waals surface area contributed by atoms with E-state index in [4.69, 9.17) is 0 Å². The Morgan fingerprint density at radius 1 is 1.27 bits per heavy atom. The van der Waals surface area contributed by atoms with Crippen LogP contribution >= 0.6 is 0 Å². The highest BCUT2D eigenvalue weighted by Crippen LogP contribution is 2.54. The van der Waals surface area contributed by atoms with E-state index in [9.17, 15) is 18.0 Å². The molecule has 158 valence electrons. The fourth-order valence-corrected chi connectivity index (χ4v) is 3.92. The average Bonchev–Trinajstić information content (AvgIpc) is 3.21. The van der Waals surface area contributed by atoms with Crippen molar-refractivity contribution in [2.45, 2.75) is 51.2 Å². The van der Waals surface area contributed by atoms with Gasteiger partial charge in [0, 0.05) is 23.5 Å². The molecule has 3 heterocycles. The van der Waals surface area contributed by atoms with Crippen LogP contribution in [-0.4, -0.2) is 26.1 Å². The Labute approximate surface area is 171 Å². The Morgan fingerprint density at radius 2 is 2.00 bits per heavy atom. The highest BCUT2D eigenvalue weighted by molar-refractivity contribution is 5.94. The molecule has 3 aromatic heterocycles. The number of carbonyl (C=O) groups is 1. The zero-order chi connectivity index (χ0) is 21.7. The van der Waals surface area contributed by atoms with Crippen LogP contribution in [0.25, 0.3) is 0 Å². The van der Waals surface area contributed by atoms with Gasteiger partial charge in [0.1, 0.15) is 11.4 Å². The van der Waals surface area contributed by atoms with E-state index in [1.54, 1.807) is 6.20 Å². The summed E-state index contributed by atoms with van der Waals surface area (Å²) in [5.74, 6) is -0.256. The van der Waals surface area contributed by atoms with Crippen molar-refractivity contribution in [2.75, 3.05) is 0 Å². The lowest BCUT2D eigenvalue weighted by Crippen LogP contribution is -2.27. The van der Waals surface area contributed by atoms with Crippen LogP contribution in [0.2, 0.25) is 0 Å². The number of hydrogen-bond acceptors (Lipinski definition) is 3. The molecule has 1 aliphatic carbocycles. The topological polar surface area (TPSA) is 86.5 Å². The van der Waals surface area contributed by atoms with Crippen molar-refractivity contribution in [3.05, 3.63) is 70.1 Å². The number of carbonyl (C=O) groups excluding carboxylic acids is 1. The highest BCUT2D eigenvalue weighted by atomic mass is 19.4. The van der Waals surface area contributed by atoms with Crippen LogP contribution in [0.5, 0.6) is 0 Å². The predicted molar refractivity (Wildman–Crippen MR) is 104 cm³/mol. The van der Waals surface area contributed by atoms with E-state index in [0.29, 0.717) is 5.69 Å². The molecule has 1 aliphatic rings. The van der Waals surface area contributed by atoms with Crippen LogP contribution < -0.4 is 5.32 Å². The fourth-order valence-electron chi connectivity index (χ4n) is 3.92. The van der Waals surface area contributed by atoms with Gasteiger partial charge >= 0.3 is 6.18 Å². The SMILES string of the molecule is Cc1cc([C@@H](C)NC(=O)c2[nH]cc(C3(c4ccc(C(F)(F)F)nc4)CC3)c2C)n[nH]1. The molecule has 0 spiro atoms. The largest absolute Gasteiger partial charge is 0.433 e. The smallest absolute Gasteiger partial charge is 0.357 e. The van der Waals surface area contributed by atoms with Crippen LogP contribution in [0.3, 0.4) is 0 Å². The first-order valence-electron chi connectivity index (χ1n) is 9.67. The van der Waals surface area contributed by atoms with Gasteiger partial charge in [0.25, 0.3) is 5.91 Å². The van der Waals surface area contributed by atoms with E-state index in [1.165, 1.54) is 12.3 Å². The quantitative estimate of drug-likeness (QED) is 0.577. The maximum Gasteiger partial charge on any atom is 0.433 e. The summed E-state index contributed by atoms with van der Waals surface area (Å²) < 4.78 is 38.5. The molecule has 3 aromatic rings. The van der Waals surface area contributed by atoms with Gasteiger partial charge in [-0.1, -0.05) is 6.07 Å². The number of hydrogen-bond donors (Lipinski definition) is 3. The van der Waals surface area contributed by atoms with Gasteiger partial charge in [0.2, 0.25) is 0 Å². The van der Waals surface area contributed by atoms with E-state index >= 15 is 0 Å². The normalized spacial score (nSPS) is 16.3. The number of pyridine rings is 1. The maximum absolute atomic E-state index is 12.8. The Balaban J connectivity index is 1.56. The molecule has 6 nitrogen and oxygen atoms in total. The van der Waals surface area contributed by atoms with E-state index in [1.807, 2.05) is 26.8 Å². The number of nitrogens with zero attached hydrogens (tertiary/aromatic N) is 2. The molecule has 1 amide bonds. The van der Waals surface area contributed by atoms with Gasteiger partial charge in [0.15, 0.2) is 0 Å². The van der Waals surface area contributed by atoms with Crippen LogP contribution in [0, 0.1) is 13.8 Å². The minimum absolute atomic E-state index is 0.256. The van der Waals surface area contributed by atoms with Gasteiger partial charge in [-0.2, -0.15) is 18.3 Å². The molecular weight excluding hydrogens is 395 g/mol. The first-order valence-corrected chi connectivity index (χ1v) is 9.67. The van der Waals surface area contributed by atoms with Crippen molar-refractivity contribution in [1.29, 1.82) is 0 Å². The molecule has 0 aliphatic heterocycles. The second-order valence-corrected chi connectivity index (χ2v) is 7.89. The van der Waals surface area contributed by atoms with Crippen molar-refractivity contribution in [3.8, 4) is 0 Å². The van der Waals surface area contributed by atoms with Crippen molar-refractivity contribution >= 4 is 5.91 Å².